The zero-order valence-corrected chi connectivity index (χ0v) is 22.0. The molecule has 0 spiro atoms. The number of carbonyl (C=O) groups excluding carboxylic acids is 1. The fourth-order valence-electron chi connectivity index (χ4n) is 3.97. The van der Waals surface area contributed by atoms with Crippen LogP contribution in [0.5, 0.6) is 0 Å². The van der Waals surface area contributed by atoms with Gasteiger partial charge in [0.1, 0.15) is 5.01 Å². The van der Waals surface area contributed by atoms with E-state index < -0.39 is 16.0 Å². The average Bonchev–Trinajstić information content (AvgIpc) is 3.37. The second-order valence-electron chi connectivity index (χ2n) is 8.59. The summed E-state index contributed by atoms with van der Waals surface area (Å²) in [6.45, 7) is 4.09. The molecule has 0 aliphatic heterocycles. The summed E-state index contributed by atoms with van der Waals surface area (Å²) >= 11 is 1.55. The minimum Gasteiger partial charge on any atom is -0.465 e. The fourth-order valence-corrected chi connectivity index (χ4v) is 5.98. The molecule has 0 saturated heterocycles. The van der Waals surface area contributed by atoms with Crippen LogP contribution < -0.4 is 4.72 Å². The Labute approximate surface area is 216 Å². The molecule has 0 fully saturated rings. The lowest BCUT2D eigenvalue weighted by Crippen LogP contribution is -2.26. The second kappa shape index (κ2) is 11.2. The van der Waals surface area contributed by atoms with Crippen molar-refractivity contribution in [2.24, 2.45) is 0 Å². The van der Waals surface area contributed by atoms with Gasteiger partial charge in [0.25, 0.3) is 0 Å². The van der Waals surface area contributed by atoms with Gasteiger partial charge in [-0.3, -0.25) is 0 Å². The van der Waals surface area contributed by atoms with Gasteiger partial charge in [0.15, 0.2) is 0 Å². The van der Waals surface area contributed by atoms with Gasteiger partial charge in [-0.1, -0.05) is 74.5 Å². The van der Waals surface area contributed by atoms with Crippen molar-refractivity contribution in [2.75, 3.05) is 13.7 Å². The van der Waals surface area contributed by atoms with Gasteiger partial charge < -0.3 is 4.74 Å². The number of methoxy groups -OCH3 is 1. The summed E-state index contributed by atoms with van der Waals surface area (Å²) in [4.78, 5) is 17.8. The summed E-state index contributed by atoms with van der Waals surface area (Å²) in [7, 11) is -2.51. The van der Waals surface area contributed by atoms with Crippen LogP contribution in [0.4, 0.5) is 0 Å². The van der Waals surface area contributed by atoms with Crippen molar-refractivity contribution >= 4 is 27.3 Å². The third-order valence-corrected chi connectivity index (χ3v) is 8.37. The molecular weight excluding hydrogens is 492 g/mol. The molecule has 0 amide bonds. The maximum absolute atomic E-state index is 12.9. The summed E-state index contributed by atoms with van der Waals surface area (Å²) in [6.07, 6.45) is 2.29. The van der Waals surface area contributed by atoms with Crippen molar-refractivity contribution in [3.63, 3.8) is 0 Å². The number of aromatic nitrogens is 1. The molecule has 1 heterocycles. The highest BCUT2D eigenvalue weighted by Gasteiger charge is 2.21. The molecule has 0 aliphatic rings. The molecule has 186 valence electrons. The van der Waals surface area contributed by atoms with Gasteiger partial charge in [0.2, 0.25) is 10.0 Å². The molecule has 8 heteroatoms. The number of nitrogens with zero attached hydrogens (tertiary/aromatic N) is 1. The number of hydrogen-bond acceptors (Lipinski definition) is 6. The van der Waals surface area contributed by atoms with Crippen LogP contribution in [0.15, 0.2) is 83.9 Å². The lowest BCUT2D eigenvalue weighted by molar-refractivity contribution is 0.0598. The van der Waals surface area contributed by atoms with Crippen LogP contribution in [-0.2, 0) is 21.2 Å². The molecule has 6 nitrogen and oxygen atoms in total. The van der Waals surface area contributed by atoms with Crippen molar-refractivity contribution in [1.82, 2.24) is 9.71 Å². The number of esters is 1. The average molecular weight is 521 g/mol. The van der Waals surface area contributed by atoms with E-state index >= 15 is 0 Å². The number of benzene rings is 3. The Kier molecular flexibility index (Phi) is 7.98. The highest BCUT2D eigenvalue weighted by atomic mass is 32.2. The maximum atomic E-state index is 12.9. The number of rotatable bonds is 9. The lowest BCUT2D eigenvalue weighted by atomic mass is 9.97. The molecule has 3 aromatic carbocycles. The Balaban J connectivity index is 1.47. The molecule has 4 rings (SSSR count). The first-order valence-electron chi connectivity index (χ1n) is 11.6. The normalized spacial score (nSPS) is 11.6. The number of ether oxygens (including phenoxy) is 1. The van der Waals surface area contributed by atoms with Crippen LogP contribution in [0.3, 0.4) is 0 Å². The van der Waals surface area contributed by atoms with E-state index in [0.29, 0.717) is 6.42 Å². The summed E-state index contributed by atoms with van der Waals surface area (Å²) < 4.78 is 33.3. The Morgan fingerprint density at radius 3 is 2.39 bits per heavy atom. The number of sulfonamides is 1. The number of carbonyl (C=O) groups is 1. The van der Waals surface area contributed by atoms with E-state index in [2.05, 4.69) is 27.9 Å². The molecule has 0 bridgehead atoms. The van der Waals surface area contributed by atoms with Gasteiger partial charge >= 0.3 is 5.97 Å². The molecule has 1 aromatic heterocycles. The van der Waals surface area contributed by atoms with Gasteiger partial charge in [-0.05, 0) is 41.2 Å². The van der Waals surface area contributed by atoms with Crippen LogP contribution in [0.1, 0.15) is 40.6 Å². The highest BCUT2D eigenvalue weighted by Crippen LogP contribution is 2.34. The van der Waals surface area contributed by atoms with Crippen molar-refractivity contribution < 1.29 is 17.9 Å². The van der Waals surface area contributed by atoms with Gasteiger partial charge in [0, 0.05) is 23.2 Å². The minimum absolute atomic E-state index is 0.0362. The zero-order valence-electron chi connectivity index (χ0n) is 20.4. The van der Waals surface area contributed by atoms with Gasteiger partial charge in [-0.2, -0.15) is 0 Å². The van der Waals surface area contributed by atoms with E-state index in [1.165, 1.54) is 19.2 Å². The molecule has 36 heavy (non-hydrogen) atoms. The highest BCUT2D eigenvalue weighted by molar-refractivity contribution is 7.89. The van der Waals surface area contributed by atoms with Crippen molar-refractivity contribution in [2.45, 2.75) is 31.1 Å². The monoisotopic (exact) mass is 520 g/mol. The van der Waals surface area contributed by atoms with Crippen LogP contribution in [-0.4, -0.2) is 33.0 Å². The summed E-state index contributed by atoms with van der Waals surface area (Å²) in [6, 6.07) is 22.9. The molecule has 0 aliphatic carbocycles. The van der Waals surface area contributed by atoms with E-state index in [1.54, 1.807) is 23.6 Å². The van der Waals surface area contributed by atoms with Gasteiger partial charge in [0.05, 0.1) is 17.6 Å². The standard InChI is InChI=1S/C28H28N2O4S2/c1-19(2)23-14-13-22(17-26(23)28(31)34-3)36(32,33)30-16-15-21-18-29-27(35-21)25-12-8-7-11-24(25)20-9-5-4-6-10-20/h4-14,17-19,30H,15-16H2,1-3H3. The maximum Gasteiger partial charge on any atom is 0.338 e. The van der Waals surface area contributed by atoms with E-state index in [-0.39, 0.29) is 22.9 Å². The number of nitrogens with one attached hydrogen (secondary N) is 1. The van der Waals surface area contributed by atoms with Gasteiger partial charge in [-0.15, -0.1) is 11.3 Å². The number of thiazole rings is 1. The summed E-state index contributed by atoms with van der Waals surface area (Å²) in [5.74, 6) is -0.500. The van der Waals surface area contributed by atoms with Crippen LogP contribution in [0, 0.1) is 0 Å². The van der Waals surface area contributed by atoms with E-state index in [9.17, 15) is 13.2 Å². The molecule has 1 N–H and O–H groups in total. The predicted molar refractivity (Wildman–Crippen MR) is 144 cm³/mol. The van der Waals surface area contributed by atoms with Crippen molar-refractivity contribution in [1.29, 1.82) is 0 Å². The molecule has 0 radical (unpaired) electrons. The van der Waals surface area contributed by atoms with E-state index in [0.717, 1.165) is 32.1 Å². The summed E-state index contributed by atoms with van der Waals surface area (Å²) in [5.41, 5.74) is 4.27. The van der Waals surface area contributed by atoms with Gasteiger partial charge in [-0.25, -0.2) is 22.9 Å². The van der Waals surface area contributed by atoms with E-state index in [4.69, 9.17) is 4.74 Å². The van der Waals surface area contributed by atoms with Crippen LogP contribution >= 0.6 is 11.3 Å². The topological polar surface area (TPSA) is 85.4 Å². The Bertz CT molecular complexity index is 1460. The van der Waals surface area contributed by atoms with E-state index in [1.807, 2.05) is 50.2 Å². The summed E-state index contributed by atoms with van der Waals surface area (Å²) in [5, 5.41) is 0.888. The van der Waals surface area contributed by atoms with Crippen LogP contribution in [0.2, 0.25) is 0 Å². The first-order chi connectivity index (χ1) is 17.3. The Morgan fingerprint density at radius 1 is 1.00 bits per heavy atom. The first kappa shape index (κ1) is 25.8. The third kappa shape index (κ3) is 5.73. The first-order valence-corrected chi connectivity index (χ1v) is 13.9. The minimum atomic E-state index is -3.80. The predicted octanol–water partition coefficient (Wildman–Crippen LogP) is 5.91. The largest absolute Gasteiger partial charge is 0.465 e. The van der Waals surface area contributed by atoms with Crippen molar-refractivity contribution in [3.8, 4) is 21.7 Å². The van der Waals surface area contributed by atoms with Crippen LogP contribution in [0.25, 0.3) is 21.7 Å². The second-order valence-corrected chi connectivity index (χ2v) is 11.5. The lowest BCUT2D eigenvalue weighted by Gasteiger charge is -2.13. The molecule has 0 unspecified atom stereocenters. The third-order valence-electron chi connectivity index (χ3n) is 5.82. The zero-order chi connectivity index (χ0) is 25.7. The Morgan fingerprint density at radius 2 is 1.69 bits per heavy atom. The Hall–Kier alpha value is -3.33. The molecular formula is C28H28N2O4S2. The number of hydrogen-bond donors (Lipinski definition) is 1. The molecule has 0 saturated carbocycles. The molecule has 0 atom stereocenters. The SMILES string of the molecule is COC(=O)c1cc(S(=O)(=O)NCCc2cnc(-c3ccccc3-c3ccccc3)s2)ccc1C(C)C. The molecule has 4 aromatic rings. The quantitative estimate of drug-likeness (QED) is 0.277. The fraction of sp³-hybridized carbons (Fsp3) is 0.214. The van der Waals surface area contributed by atoms with Crippen molar-refractivity contribution in [3.05, 3.63) is 95.0 Å². The smallest absolute Gasteiger partial charge is 0.338 e.